The number of rotatable bonds is 5. The molecule has 1 aromatic heterocycles. The van der Waals surface area contributed by atoms with Gasteiger partial charge in [-0.1, -0.05) is 38.0 Å². The summed E-state index contributed by atoms with van der Waals surface area (Å²) in [6.07, 6.45) is 6.11. The van der Waals surface area contributed by atoms with E-state index in [0.29, 0.717) is 29.0 Å². The molecular weight excluding hydrogens is 428 g/mol. The number of benzene rings is 1. The van der Waals surface area contributed by atoms with E-state index in [4.69, 9.17) is 4.12 Å². The van der Waals surface area contributed by atoms with Crippen LogP contribution >= 0.6 is 0 Å². The van der Waals surface area contributed by atoms with E-state index in [2.05, 4.69) is 38.1 Å². The zero-order valence-electron chi connectivity index (χ0n) is 18.8. The maximum Gasteiger partial charge on any atom is 0.245 e. The molecule has 2 atom stereocenters. The summed E-state index contributed by atoms with van der Waals surface area (Å²) in [6.45, 7) is 12.6. The topological polar surface area (TPSA) is 59.5 Å². The highest BCUT2D eigenvalue weighted by Gasteiger charge is 2.62. The lowest BCUT2D eigenvalue weighted by molar-refractivity contribution is 0.207. The van der Waals surface area contributed by atoms with Gasteiger partial charge in [-0.2, -0.15) is 4.31 Å². The third-order valence-corrected chi connectivity index (χ3v) is 19.0. The Bertz CT molecular complexity index is 1050. The average Bonchev–Trinajstić information content (AvgIpc) is 2.70. The zero-order valence-corrected chi connectivity index (χ0v) is 21.6. The largest absolute Gasteiger partial charge is 0.455 e. The summed E-state index contributed by atoms with van der Waals surface area (Å²) in [7, 11) is -7.67. The molecule has 0 N–H and O–H groups in total. The molecular formula is C22H34N2O3SSi2. The molecule has 5 nitrogen and oxygen atoms in total. The smallest absolute Gasteiger partial charge is 0.245 e. The minimum atomic E-state index is -3.63. The normalized spacial score (nSPS) is 28.5. The Kier molecular flexibility index (Phi) is 5.54. The van der Waals surface area contributed by atoms with Crippen molar-refractivity contribution in [1.29, 1.82) is 0 Å². The van der Waals surface area contributed by atoms with Crippen molar-refractivity contribution in [3.8, 4) is 0 Å². The van der Waals surface area contributed by atoms with Crippen LogP contribution in [0, 0.1) is 0 Å². The first kappa shape index (κ1) is 22.1. The third-order valence-electron chi connectivity index (χ3n) is 7.54. The molecule has 3 heterocycles. The van der Waals surface area contributed by atoms with E-state index in [0.717, 1.165) is 31.1 Å². The standard InChI is InChI=1S/C22H34N2O3SSi2/c1-6-7-13-22-15-19(29(2,3)27-30(22,4)5)16-24(17-22)28(25,26)20-12-8-10-18-11-9-14-23-21(18)20/h8-12,14,19H,6-7,13,15-17H2,1-5H3/t19?,22-/m0/s1. The van der Waals surface area contributed by atoms with E-state index >= 15 is 0 Å². The predicted octanol–water partition coefficient (Wildman–Crippen LogP) is 5.37. The van der Waals surface area contributed by atoms with Gasteiger partial charge in [0.25, 0.3) is 0 Å². The summed E-state index contributed by atoms with van der Waals surface area (Å²) in [5.74, 6) is 0. The van der Waals surface area contributed by atoms with Gasteiger partial charge in [0, 0.05) is 29.7 Å². The summed E-state index contributed by atoms with van der Waals surface area (Å²) in [4.78, 5) is 4.76. The lowest BCUT2D eigenvalue weighted by atomic mass is 9.92. The van der Waals surface area contributed by atoms with E-state index in [1.165, 1.54) is 0 Å². The van der Waals surface area contributed by atoms with Crippen molar-refractivity contribution >= 4 is 37.6 Å². The van der Waals surface area contributed by atoms with Crippen LogP contribution < -0.4 is 0 Å². The summed E-state index contributed by atoms with van der Waals surface area (Å²) >= 11 is 0. The lowest BCUT2D eigenvalue weighted by Gasteiger charge is -2.61. The predicted molar refractivity (Wildman–Crippen MR) is 127 cm³/mol. The number of pyridine rings is 1. The minimum absolute atomic E-state index is 0.0144. The first-order valence-corrected chi connectivity index (χ1v) is 18.4. The fourth-order valence-electron chi connectivity index (χ4n) is 5.60. The summed E-state index contributed by atoms with van der Waals surface area (Å²) < 4.78 is 36.6. The van der Waals surface area contributed by atoms with Crippen LogP contribution in [0.1, 0.15) is 32.6 Å². The van der Waals surface area contributed by atoms with Crippen molar-refractivity contribution in [2.24, 2.45) is 0 Å². The van der Waals surface area contributed by atoms with Gasteiger partial charge in [0.1, 0.15) is 4.90 Å². The van der Waals surface area contributed by atoms with Crippen molar-refractivity contribution in [3.63, 3.8) is 0 Å². The van der Waals surface area contributed by atoms with Gasteiger partial charge in [0.05, 0.1) is 5.52 Å². The SMILES string of the molecule is CCCC[C@]12CC(CN(S(=O)(=O)c3cccc4cccnc34)C1)[Si](C)(C)O[Si]2(C)C. The van der Waals surface area contributed by atoms with Gasteiger partial charge in [0.15, 0.2) is 16.6 Å². The van der Waals surface area contributed by atoms with Crippen molar-refractivity contribution in [3.05, 3.63) is 36.5 Å². The first-order chi connectivity index (χ1) is 14.0. The molecule has 2 bridgehead atoms. The maximum atomic E-state index is 13.9. The van der Waals surface area contributed by atoms with Gasteiger partial charge in [-0.15, -0.1) is 0 Å². The molecule has 4 rings (SSSR count). The van der Waals surface area contributed by atoms with Gasteiger partial charge >= 0.3 is 0 Å². The number of para-hydroxylation sites is 1. The van der Waals surface area contributed by atoms with Crippen LogP contribution in [0.25, 0.3) is 10.9 Å². The van der Waals surface area contributed by atoms with Crippen molar-refractivity contribution in [1.82, 2.24) is 9.29 Å². The molecule has 1 aromatic carbocycles. The molecule has 0 aliphatic carbocycles. The fourth-order valence-corrected chi connectivity index (χ4v) is 18.2. The van der Waals surface area contributed by atoms with Crippen molar-refractivity contribution < 1.29 is 12.5 Å². The molecule has 2 aliphatic heterocycles. The number of fused-ring (bicyclic) bond motifs is 3. The van der Waals surface area contributed by atoms with Gasteiger partial charge in [-0.05, 0) is 56.7 Å². The van der Waals surface area contributed by atoms with E-state index < -0.39 is 26.7 Å². The van der Waals surface area contributed by atoms with Crippen LogP contribution in [-0.4, -0.2) is 47.4 Å². The van der Waals surface area contributed by atoms with Gasteiger partial charge < -0.3 is 4.12 Å². The van der Waals surface area contributed by atoms with E-state index in [1.807, 2.05) is 24.3 Å². The summed E-state index contributed by atoms with van der Waals surface area (Å²) in [5.41, 5.74) is 0.906. The highest BCUT2D eigenvalue weighted by Crippen LogP contribution is 2.60. The summed E-state index contributed by atoms with van der Waals surface area (Å²) in [5, 5.41) is 0.851. The Balaban J connectivity index is 1.81. The molecule has 0 spiro atoms. The first-order valence-electron chi connectivity index (χ1n) is 11.1. The highest BCUT2D eigenvalue weighted by molar-refractivity contribution is 7.89. The van der Waals surface area contributed by atoms with Gasteiger partial charge in [0.2, 0.25) is 10.0 Å². The molecule has 2 aliphatic rings. The number of piperidine rings is 1. The molecule has 0 radical (unpaired) electrons. The lowest BCUT2D eigenvalue weighted by Crippen LogP contribution is -2.67. The molecule has 164 valence electrons. The van der Waals surface area contributed by atoms with Crippen LogP contribution in [0.2, 0.25) is 36.8 Å². The molecule has 2 fully saturated rings. The third kappa shape index (κ3) is 3.50. The molecule has 0 saturated carbocycles. The Hall–Kier alpha value is -1.07. The number of unbranched alkanes of at least 4 members (excludes halogenated alkanes) is 1. The average molecular weight is 463 g/mol. The van der Waals surface area contributed by atoms with Gasteiger partial charge in [-0.3, -0.25) is 4.98 Å². The van der Waals surface area contributed by atoms with Crippen LogP contribution in [0.4, 0.5) is 0 Å². The van der Waals surface area contributed by atoms with E-state index in [9.17, 15) is 8.42 Å². The second-order valence-electron chi connectivity index (χ2n) is 10.1. The molecule has 1 unspecified atom stereocenters. The fraction of sp³-hybridized carbons (Fsp3) is 0.591. The zero-order chi connectivity index (χ0) is 21.8. The number of hydrogen-bond acceptors (Lipinski definition) is 4. The van der Waals surface area contributed by atoms with Crippen molar-refractivity contribution in [2.45, 2.75) is 74.3 Å². The summed E-state index contributed by atoms with van der Waals surface area (Å²) in [6, 6.07) is 9.25. The Morgan fingerprint density at radius 2 is 1.93 bits per heavy atom. The Labute approximate surface area is 183 Å². The number of hydrogen-bond donors (Lipinski definition) is 0. The second kappa shape index (κ2) is 7.51. The number of nitrogens with zero attached hydrogens (tertiary/aromatic N) is 2. The Morgan fingerprint density at radius 1 is 1.20 bits per heavy atom. The monoisotopic (exact) mass is 462 g/mol. The number of aromatic nitrogens is 1. The number of sulfonamides is 1. The Morgan fingerprint density at radius 3 is 2.67 bits per heavy atom. The molecule has 2 aromatic rings. The minimum Gasteiger partial charge on any atom is -0.455 e. The molecule has 2 saturated heterocycles. The van der Waals surface area contributed by atoms with Crippen LogP contribution in [-0.2, 0) is 14.1 Å². The highest BCUT2D eigenvalue weighted by atomic mass is 32.2. The maximum absolute atomic E-state index is 13.9. The molecule has 8 heteroatoms. The quantitative estimate of drug-likeness (QED) is 0.560. The van der Waals surface area contributed by atoms with Crippen LogP contribution in [0.15, 0.2) is 41.4 Å². The van der Waals surface area contributed by atoms with Gasteiger partial charge in [-0.25, -0.2) is 8.42 Å². The van der Waals surface area contributed by atoms with Crippen molar-refractivity contribution in [2.75, 3.05) is 13.1 Å². The van der Waals surface area contributed by atoms with Crippen LogP contribution in [0.5, 0.6) is 0 Å². The molecule has 0 amide bonds. The molecule has 30 heavy (non-hydrogen) atoms. The second-order valence-corrected chi connectivity index (χ2v) is 21.0. The van der Waals surface area contributed by atoms with E-state index in [1.54, 1.807) is 16.6 Å². The van der Waals surface area contributed by atoms with E-state index in [-0.39, 0.29) is 5.04 Å². The van der Waals surface area contributed by atoms with Crippen LogP contribution in [0.3, 0.4) is 0 Å².